The van der Waals surface area contributed by atoms with E-state index in [-0.39, 0.29) is 17.8 Å². The van der Waals surface area contributed by atoms with E-state index >= 15 is 0 Å². The Morgan fingerprint density at radius 1 is 1.21 bits per heavy atom. The number of halogens is 1. The van der Waals surface area contributed by atoms with E-state index in [2.05, 4.69) is 11.4 Å². The van der Waals surface area contributed by atoms with E-state index < -0.39 is 0 Å². The van der Waals surface area contributed by atoms with Gasteiger partial charge in [-0.3, -0.25) is 0 Å². The highest BCUT2D eigenvalue weighted by molar-refractivity contribution is 5.63. The van der Waals surface area contributed by atoms with Gasteiger partial charge < -0.3 is 5.32 Å². The van der Waals surface area contributed by atoms with Crippen molar-refractivity contribution in [3.63, 3.8) is 0 Å². The van der Waals surface area contributed by atoms with E-state index in [1.807, 2.05) is 24.3 Å². The fourth-order valence-corrected chi connectivity index (χ4v) is 2.18. The summed E-state index contributed by atoms with van der Waals surface area (Å²) in [6.45, 7) is 0. The second kappa shape index (κ2) is 2.71. The van der Waals surface area contributed by atoms with E-state index in [1.54, 1.807) is 6.08 Å². The quantitative estimate of drug-likeness (QED) is 0.658. The molecule has 0 spiro atoms. The summed E-state index contributed by atoms with van der Waals surface area (Å²) < 4.78 is 13.5. The van der Waals surface area contributed by atoms with Crippen LogP contribution >= 0.6 is 0 Å². The summed E-state index contributed by atoms with van der Waals surface area (Å²) >= 11 is 0. The summed E-state index contributed by atoms with van der Waals surface area (Å²) in [6.07, 6.45) is 5.37. The van der Waals surface area contributed by atoms with Crippen LogP contribution in [0.2, 0.25) is 0 Å². The second-order valence-corrected chi connectivity index (χ2v) is 3.67. The van der Waals surface area contributed by atoms with Crippen LogP contribution in [0.4, 0.5) is 10.1 Å². The van der Waals surface area contributed by atoms with Gasteiger partial charge in [-0.2, -0.15) is 0 Å². The van der Waals surface area contributed by atoms with Crippen LogP contribution in [0.25, 0.3) is 0 Å². The predicted octanol–water partition coefficient (Wildman–Crippen LogP) is 2.99. The van der Waals surface area contributed by atoms with E-state index in [0.717, 1.165) is 5.69 Å². The number of rotatable bonds is 0. The molecule has 0 saturated heterocycles. The fourth-order valence-electron chi connectivity index (χ4n) is 2.18. The van der Waals surface area contributed by atoms with Gasteiger partial charge in [0.1, 0.15) is 5.83 Å². The van der Waals surface area contributed by atoms with Gasteiger partial charge in [-0.25, -0.2) is 4.39 Å². The molecule has 0 amide bonds. The van der Waals surface area contributed by atoms with Crippen molar-refractivity contribution in [2.75, 3.05) is 5.32 Å². The van der Waals surface area contributed by atoms with Crippen LogP contribution in [-0.2, 0) is 0 Å². The molecular weight excluding hydrogens is 177 g/mol. The highest BCUT2D eigenvalue weighted by Crippen LogP contribution is 2.41. The number of anilines is 1. The van der Waals surface area contributed by atoms with E-state index in [9.17, 15) is 4.39 Å². The molecule has 2 aliphatic rings. The van der Waals surface area contributed by atoms with Crippen LogP contribution in [0.5, 0.6) is 0 Å². The number of allylic oxidation sites excluding steroid dienone is 2. The third-order valence-electron chi connectivity index (χ3n) is 2.86. The first-order valence-corrected chi connectivity index (χ1v) is 4.75. The summed E-state index contributed by atoms with van der Waals surface area (Å²) in [5.74, 6) is 0.0879. The molecule has 0 radical (unpaired) electrons. The number of hydrogen-bond acceptors (Lipinski definition) is 1. The first-order valence-electron chi connectivity index (χ1n) is 4.75. The number of fused-ring (bicyclic) bond motifs is 3. The Hall–Kier alpha value is -1.57. The van der Waals surface area contributed by atoms with Crippen LogP contribution in [0.15, 0.2) is 48.3 Å². The van der Waals surface area contributed by atoms with Crippen molar-refractivity contribution in [3.8, 4) is 0 Å². The van der Waals surface area contributed by atoms with Crippen molar-refractivity contribution in [2.45, 2.75) is 12.0 Å². The van der Waals surface area contributed by atoms with Crippen molar-refractivity contribution in [2.24, 2.45) is 0 Å². The van der Waals surface area contributed by atoms with E-state index in [4.69, 9.17) is 0 Å². The van der Waals surface area contributed by atoms with Crippen molar-refractivity contribution in [1.82, 2.24) is 0 Å². The molecular formula is C12H10FN. The Balaban J connectivity index is 2.11. The van der Waals surface area contributed by atoms with Crippen molar-refractivity contribution < 1.29 is 4.39 Å². The predicted molar refractivity (Wildman–Crippen MR) is 54.9 cm³/mol. The Kier molecular flexibility index (Phi) is 1.51. The molecule has 0 bridgehead atoms. The van der Waals surface area contributed by atoms with E-state index in [0.29, 0.717) is 0 Å². The first-order chi connectivity index (χ1) is 6.86. The molecule has 14 heavy (non-hydrogen) atoms. The average molecular weight is 187 g/mol. The molecule has 0 saturated carbocycles. The van der Waals surface area contributed by atoms with Crippen LogP contribution in [0.3, 0.4) is 0 Å². The zero-order valence-corrected chi connectivity index (χ0v) is 7.57. The number of nitrogens with one attached hydrogen (secondary N) is 1. The van der Waals surface area contributed by atoms with Gasteiger partial charge in [-0.15, -0.1) is 0 Å². The molecule has 0 aromatic heterocycles. The lowest BCUT2D eigenvalue weighted by Gasteiger charge is -2.18. The van der Waals surface area contributed by atoms with Crippen molar-refractivity contribution in [3.05, 3.63) is 53.9 Å². The summed E-state index contributed by atoms with van der Waals surface area (Å²) in [6, 6.07) is 7.82. The number of hydrogen-bond donors (Lipinski definition) is 1. The Morgan fingerprint density at radius 2 is 2.07 bits per heavy atom. The summed E-state index contributed by atoms with van der Waals surface area (Å²) in [7, 11) is 0. The number of benzene rings is 1. The molecule has 1 aliphatic carbocycles. The summed E-state index contributed by atoms with van der Waals surface area (Å²) in [5, 5.41) is 3.19. The topological polar surface area (TPSA) is 12.0 Å². The standard InChI is InChI=1S/C12H10FN/c13-10-6-3-5-9-8-4-1-2-7-11(8)14-12(9)10/h1-7,9,12,14H. The number of para-hydroxylation sites is 1. The summed E-state index contributed by atoms with van der Waals surface area (Å²) in [5.41, 5.74) is 2.25. The van der Waals surface area contributed by atoms with Crippen LogP contribution in [0, 0.1) is 0 Å². The lowest BCUT2D eigenvalue weighted by Crippen LogP contribution is -2.21. The third kappa shape index (κ3) is 0.939. The SMILES string of the molecule is FC1=CC=CC2c3ccccc3NC12. The van der Waals surface area contributed by atoms with Crippen LogP contribution in [0.1, 0.15) is 11.5 Å². The van der Waals surface area contributed by atoms with Crippen molar-refractivity contribution in [1.29, 1.82) is 0 Å². The fraction of sp³-hybridized carbons (Fsp3) is 0.167. The molecule has 1 aromatic rings. The third-order valence-corrected chi connectivity index (χ3v) is 2.86. The summed E-state index contributed by atoms with van der Waals surface area (Å²) in [4.78, 5) is 0. The van der Waals surface area contributed by atoms with Gasteiger partial charge in [0.25, 0.3) is 0 Å². The normalized spacial score (nSPS) is 27.6. The molecule has 1 aliphatic heterocycles. The molecule has 70 valence electrons. The maximum atomic E-state index is 13.5. The zero-order valence-electron chi connectivity index (χ0n) is 7.57. The minimum Gasteiger partial charge on any atom is -0.375 e. The molecule has 1 aromatic carbocycles. The molecule has 2 heteroatoms. The van der Waals surface area contributed by atoms with Crippen molar-refractivity contribution >= 4 is 5.69 Å². The lowest BCUT2D eigenvalue weighted by molar-refractivity contribution is 0.540. The zero-order chi connectivity index (χ0) is 9.54. The maximum absolute atomic E-state index is 13.5. The van der Waals surface area contributed by atoms with Crippen LogP contribution < -0.4 is 5.32 Å². The first kappa shape index (κ1) is 7.80. The smallest absolute Gasteiger partial charge is 0.123 e. The van der Waals surface area contributed by atoms with Gasteiger partial charge in [0.2, 0.25) is 0 Å². The largest absolute Gasteiger partial charge is 0.375 e. The van der Waals surface area contributed by atoms with Gasteiger partial charge >= 0.3 is 0 Å². The Labute approximate surface area is 81.9 Å². The minimum absolute atomic E-state index is 0.0753. The van der Waals surface area contributed by atoms with Crippen LogP contribution in [-0.4, -0.2) is 6.04 Å². The maximum Gasteiger partial charge on any atom is 0.123 e. The minimum atomic E-state index is -0.183. The molecule has 3 rings (SSSR count). The highest BCUT2D eigenvalue weighted by atomic mass is 19.1. The lowest BCUT2D eigenvalue weighted by atomic mass is 9.91. The molecule has 1 N–H and O–H groups in total. The Morgan fingerprint density at radius 3 is 3.00 bits per heavy atom. The van der Waals surface area contributed by atoms with Gasteiger partial charge in [-0.1, -0.05) is 30.4 Å². The van der Waals surface area contributed by atoms with Gasteiger partial charge in [-0.05, 0) is 17.7 Å². The highest BCUT2D eigenvalue weighted by Gasteiger charge is 2.33. The van der Waals surface area contributed by atoms with Gasteiger partial charge in [0, 0.05) is 11.6 Å². The second-order valence-electron chi connectivity index (χ2n) is 3.67. The molecule has 2 unspecified atom stereocenters. The van der Waals surface area contributed by atoms with Gasteiger partial charge in [0.15, 0.2) is 0 Å². The Bertz CT molecular complexity index is 434. The molecule has 2 atom stereocenters. The monoisotopic (exact) mass is 187 g/mol. The molecule has 1 heterocycles. The molecule has 0 fully saturated rings. The van der Waals surface area contributed by atoms with E-state index in [1.165, 1.54) is 11.6 Å². The van der Waals surface area contributed by atoms with Gasteiger partial charge in [0.05, 0.1) is 6.04 Å². The average Bonchev–Trinajstić information content (AvgIpc) is 2.59. The molecule has 1 nitrogen and oxygen atoms in total.